The van der Waals surface area contributed by atoms with Gasteiger partial charge in [-0.25, -0.2) is 0 Å². The van der Waals surface area contributed by atoms with E-state index >= 15 is 0 Å². The zero-order chi connectivity index (χ0) is 10.2. The largest absolute Gasteiger partial charge is 0.428 e. The van der Waals surface area contributed by atoms with Crippen molar-refractivity contribution in [1.82, 2.24) is 0 Å². The summed E-state index contributed by atoms with van der Waals surface area (Å²) in [6.07, 6.45) is 5.73. The van der Waals surface area contributed by atoms with E-state index < -0.39 is 0 Å². The molecule has 0 saturated carbocycles. The van der Waals surface area contributed by atoms with Gasteiger partial charge in [0.2, 0.25) is 6.79 Å². The summed E-state index contributed by atoms with van der Waals surface area (Å²) in [5.41, 5.74) is 0. The van der Waals surface area contributed by atoms with Crippen molar-refractivity contribution in [3.8, 4) is 0 Å². The molecule has 0 amide bonds. The third-order valence-electron chi connectivity index (χ3n) is 2.20. The number of carbonyl (C=O) groups is 2. The van der Waals surface area contributed by atoms with Gasteiger partial charge in [0.15, 0.2) is 0 Å². The van der Waals surface area contributed by atoms with Gasteiger partial charge in [-0.05, 0) is 12.8 Å². The molecule has 1 aliphatic heterocycles. The van der Waals surface area contributed by atoms with Gasteiger partial charge in [-0.15, -0.1) is 0 Å². The zero-order valence-corrected chi connectivity index (χ0v) is 8.29. The van der Waals surface area contributed by atoms with E-state index in [9.17, 15) is 9.59 Å². The smallest absolute Gasteiger partial charge is 0.308 e. The van der Waals surface area contributed by atoms with Crippen molar-refractivity contribution < 1.29 is 19.1 Å². The molecule has 0 aromatic heterocycles. The highest BCUT2D eigenvalue weighted by molar-refractivity contribution is 5.70. The number of ether oxygens (including phenoxy) is 2. The summed E-state index contributed by atoms with van der Waals surface area (Å²) in [7, 11) is 0. The number of cyclic esters (lactones) is 2. The Morgan fingerprint density at radius 1 is 0.714 bits per heavy atom. The Balaban J connectivity index is 2.28. The Hall–Kier alpha value is -1.06. The number of esters is 2. The maximum Gasteiger partial charge on any atom is 0.308 e. The predicted octanol–water partition coefficient (Wildman–Crippen LogP) is 1.77. The van der Waals surface area contributed by atoms with E-state index in [-0.39, 0.29) is 18.7 Å². The van der Waals surface area contributed by atoms with Crippen molar-refractivity contribution in [2.75, 3.05) is 6.79 Å². The summed E-state index contributed by atoms with van der Waals surface area (Å²) in [6, 6.07) is 0. The van der Waals surface area contributed by atoms with Gasteiger partial charge in [0.1, 0.15) is 0 Å². The highest BCUT2D eigenvalue weighted by Crippen LogP contribution is 2.09. The number of hydrogen-bond donors (Lipinski definition) is 0. The lowest BCUT2D eigenvalue weighted by molar-refractivity contribution is -0.167. The van der Waals surface area contributed by atoms with Gasteiger partial charge in [-0.1, -0.05) is 19.3 Å². The first-order valence-corrected chi connectivity index (χ1v) is 5.10. The van der Waals surface area contributed by atoms with Crippen LogP contribution in [-0.2, 0) is 19.1 Å². The van der Waals surface area contributed by atoms with E-state index in [1.54, 1.807) is 0 Å². The highest BCUT2D eigenvalue weighted by atomic mass is 16.7. The van der Waals surface area contributed by atoms with E-state index in [0.29, 0.717) is 12.8 Å². The van der Waals surface area contributed by atoms with Crippen molar-refractivity contribution in [2.24, 2.45) is 0 Å². The first-order valence-electron chi connectivity index (χ1n) is 5.10. The summed E-state index contributed by atoms with van der Waals surface area (Å²) in [5, 5.41) is 0. The Morgan fingerprint density at radius 2 is 1.14 bits per heavy atom. The van der Waals surface area contributed by atoms with E-state index in [1.807, 2.05) is 0 Å². The average molecular weight is 200 g/mol. The molecule has 14 heavy (non-hydrogen) atoms. The molecule has 4 heteroatoms. The fourth-order valence-corrected chi connectivity index (χ4v) is 1.37. The van der Waals surface area contributed by atoms with E-state index in [2.05, 4.69) is 0 Å². The van der Waals surface area contributed by atoms with Crippen LogP contribution in [0.25, 0.3) is 0 Å². The van der Waals surface area contributed by atoms with Crippen LogP contribution in [0.2, 0.25) is 0 Å². The Bertz CT molecular complexity index is 180. The van der Waals surface area contributed by atoms with Crippen LogP contribution in [0.4, 0.5) is 0 Å². The third kappa shape index (κ3) is 4.84. The molecule has 80 valence electrons. The molecule has 0 atom stereocenters. The molecule has 0 aromatic rings. The average Bonchev–Trinajstić information content (AvgIpc) is 2.14. The number of hydrogen-bond acceptors (Lipinski definition) is 4. The van der Waals surface area contributed by atoms with Crippen LogP contribution in [0.1, 0.15) is 44.9 Å². The molecule has 1 rings (SSSR count). The third-order valence-corrected chi connectivity index (χ3v) is 2.20. The fraction of sp³-hybridized carbons (Fsp3) is 0.800. The minimum Gasteiger partial charge on any atom is -0.428 e. The Kier molecular flexibility index (Phi) is 5.04. The van der Waals surface area contributed by atoms with Crippen molar-refractivity contribution in [1.29, 1.82) is 0 Å². The topological polar surface area (TPSA) is 52.6 Å². The minimum absolute atomic E-state index is 0.225. The van der Waals surface area contributed by atoms with Crippen LogP contribution < -0.4 is 0 Å². The molecule has 0 N–H and O–H groups in total. The fourth-order valence-electron chi connectivity index (χ4n) is 1.37. The van der Waals surface area contributed by atoms with Crippen LogP contribution in [0.5, 0.6) is 0 Å². The SMILES string of the molecule is O=C1CCCCCCCC(=O)OCO1. The van der Waals surface area contributed by atoms with Crippen LogP contribution >= 0.6 is 0 Å². The maximum absolute atomic E-state index is 11.0. The molecule has 0 spiro atoms. The molecular weight excluding hydrogens is 184 g/mol. The van der Waals surface area contributed by atoms with Gasteiger partial charge < -0.3 is 9.47 Å². The van der Waals surface area contributed by atoms with Crippen LogP contribution in [0, 0.1) is 0 Å². The normalized spacial score (nSPS) is 21.4. The quantitative estimate of drug-likeness (QED) is 0.559. The van der Waals surface area contributed by atoms with E-state index in [0.717, 1.165) is 32.1 Å². The minimum atomic E-state index is -0.279. The highest BCUT2D eigenvalue weighted by Gasteiger charge is 2.07. The van der Waals surface area contributed by atoms with Gasteiger partial charge in [0, 0.05) is 12.8 Å². The summed E-state index contributed by atoms with van der Waals surface area (Å²) in [6.45, 7) is -0.225. The second-order valence-corrected chi connectivity index (χ2v) is 3.42. The zero-order valence-electron chi connectivity index (χ0n) is 8.29. The van der Waals surface area contributed by atoms with E-state index in [4.69, 9.17) is 9.47 Å². The molecule has 0 bridgehead atoms. The first kappa shape index (κ1) is 11.0. The molecule has 1 heterocycles. The first-order chi connectivity index (χ1) is 6.79. The molecule has 1 aliphatic rings. The van der Waals surface area contributed by atoms with Crippen molar-refractivity contribution in [2.45, 2.75) is 44.9 Å². The lowest BCUT2D eigenvalue weighted by Gasteiger charge is -2.08. The van der Waals surface area contributed by atoms with Crippen molar-refractivity contribution >= 4 is 11.9 Å². The van der Waals surface area contributed by atoms with E-state index in [1.165, 1.54) is 0 Å². The number of rotatable bonds is 0. The Labute approximate surface area is 83.6 Å². The van der Waals surface area contributed by atoms with Crippen LogP contribution in [-0.4, -0.2) is 18.7 Å². The molecule has 0 unspecified atom stereocenters. The van der Waals surface area contributed by atoms with Gasteiger partial charge >= 0.3 is 11.9 Å². The maximum atomic E-state index is 11.0. The summed E-state index contributed by atoms with van der Waals surface area (Å²) < 4.78 is 9.41. The monoisotopic (exact) mass is 200 g/mol. The molecular formula is C10H16O4. The molecule has 0 radical (unpaired) electrons. The number of carbonyl (C=O) groups excluding carboxylic acids is 2. The van der Waals surface area contributed by atoms with Crippen LogP contribution in [0.15, 0.2) is 0 Å². The molecule has 0 aliphatic carbocycles. The molecule has 1 fully saturated rings. The summed E-state index contributed by atoms with van der Waals surface area (Å²) in [4.78, 5) is 22.0. The van der Waals surface area contributed by atoms with Crippen molar-refractivity contribution in [3.63, 3.8) is 0 Å². The molecule has 4 nitrogen and oxygen atoms in total. The van der Waals surface area contributed by atoms with Gasteiger partial charge in [-0.2, -0.15) is 0 Å². The second kappa shape index (κ2) is 6.40. The second-order valence-electron chi connectivity index (χ2n) is 3.42. The lowest BCUT2D eigenvalue weighted by atomic mass is 10.1. The van der Waals surface area contributed by atoms with Crippen LogP contribution in [0.3, 0.4) is 0 Å². The Morgan fingerprint density at radius 3 is 1.64 bits per heavy atom. The lowest BCUT2D eigenvalue weighted by Crippen LogP contribution is -2.13. The van der Waals surface area contributed by atoms with Crippen molar-refractivity contribution in [3.05, 3.63) is 0 Å². The molecule has 1 saturated heterocycles. The van der Waals surface area contributed by atoms with Gasteiger partial charge in [-0.3, -0.25) is 9.59 Å². The standard InChI is InChI=1S/C10H16O4/c11-9-6-4-2-1-3-5-7-10(12)14-8-13-9/h1-8H2. The summed E-state index contributed by atoms with van der Waals surface area (Å²) >= 11 is 0. The molecule has 0 aromatic carbocycles. The predicted molar refractivity (Wildman–Crippen MR) is 49.4 cm³/mol. The summed E-state index contributed by atoms with van der Waals surface area (Å²) in [5.74, 6) is -0.559. The van der Waals surface area contributed by atoms with Gasteiger partial charge in [0.25, 0.3) is 0 Å². The van der Waals surface area contributed by atoms with Gasteiger partial charge in [0.05, 0.1) is 0 Å².